The maximum absolute atomic E-state index is 10.3. The second-order valence-corrected chi connectivity index (χ2v) is 9.60. The van der Waals surface area contributed by atoms with Crippen LogP contribution in [0.4, 0.5) is 0 Å². The first kappa shape index (κ1) is 34.7. The Labute approximate surface area is 207 Å². The maximum atomic E-state index is 10.3. The Balaban J connectivity index is 0. The number of carbonyl (C=O) groups is 2. The summed E-state index contributed by atoms with van der Waals surface area (Å²) in [5.74, 6) is -1.74. The lowest BCUT2D eigenvalue weighted by atomic mass is 9.63. The van der Waals surface area contributed by atoms with Crippen molar-refractivity contribution in [1.82, 2.24) is 0 Å². The third kappa shape index (κ3) is 23.1. The lowest BCUT2D eigenvalue weighted by molar-refractivity contribution is -0.139. The molecule has 0 bridgehead atoms. The van der Waals surface area contributed by atoms with Crippen molar-refractivity contribution in [1.29, 1.82) is 0 Å². The van der Waals surface area contributed by atoms with Gasteiger partial charge in [0.2, 0.25) is 12.2 Å². The highest BCUT2D eigenvalue weighted by Crippen LogP contribution is 2.47. The van der Waals surface area contributed by atoms with Gasteiger partial charge in [0.25, 0.3) is 0 Å². The van der Waals surface area contributed by atoms with Crippen LogP contribution in [0.1, 0.15) is 78.6 Å². The summed E-state index contributed by atoms with van der Waals surface area (Å²) in [5.41, 5.74) is 0.0561. The van der Waals surface area contributed by atoms with Crippen LogP contribution in [0.15, 0.2) is 9.98 Å². The molecular weight excluding hydrogens is 460 g/mol. The monoisotopic (exact) mass is 502 g/mol. The lowest BCUT2D eigenvalue weighted by Crippen LogP contribution is -2.39. The van der Waals surface area contributed by atoms with Crippen LogP contribution in [0.5, 0.6) is 0 Å². The van der Waals surface area contributed by atoms with Crippen LogP contribution in [0.25, 0.3) is 0 Å². The number of carboxylic acid groups (broad SMARTS) is 2. The van der Waals surface area contributed by atoms with Crippen LogP contribution in [0, 0.1) is 10.8 Å². The standard InChI is InChI=1S/C12H18N2O2.C6H10O4.C6H14O3/c1-11(2)4-10(14-9-16)5-12(3,6-11)7-13-8-15;7-5(8)3-1-2-4-6(9)10;7-3-1-5-9-6-2-4-8/h10H,4-7H2,1-3H3;1-4H2,(H,7,8)(H,9,10);7-8H,1-6H2. The van der Waals surface area contributed by atoms with E-state index in [0.717, 1.165) is 19.3 Å². The van der Waals surface area contributed by atoms with E-state index in [1.165, 1.54) is 0 Å². The van der Waals surface area contributed by atoms with Gasteiger partial charge in [-0.05, 0) is 55.8 Å². The van der Waals surface area contributed by atoms with Gasteiger partial charge in [-0.15, -0.1) is 0 Å². The van der Waals surface area contributed by atoms with Gasteiger partial charge in [0.15, 0.2) is 0 Å². The van der Waals surface area contributed by atoms with Gasteiger partial charge >= 0.3 is 11.9 Å². The molecular formula is C24H42N2O9. The molecule has 1 fully saturated rings. The van der Waals surface area contributed by atoms with E-state index >= 15 is 0 Å². The number of aliphatic imine (C=N–C) groups is 2. The summed E-state index contributed by atoms with van der Waals surface area (Å²) in [4.78, 5) is 47.8. The summed E-state index contributed by atoms with van der Waals surface area (Å²) in [6, 6.07) is 0.00750. The largest absolute Gasteiger partial charge is 0.481 e. The first-order chi connectivity index (χ1) is 16.4. The first-order valence-corrected chi connectivity index (χ1v) is 11.8. The highest BCUT2D eigenvalue weighted by Gasteiger charge is 2.41. The van der Waals surface area contributed by atoms with Crippen LogP contribution in [-0.4, -0.2) is 83.5 Å². The van der Waals surface area contributed by atoms with Crippen LogP contribution in [0.3, 0.4) is 0 Å². The summed E-state index contributed by atoms with van der Waals surface area (Å²) in [5, 5.41) is 32.8. The van der Waals surface area contributed by atoms with E-state index in [9.17, 15) is 19.2 Å². The summed E-state index contributed by atoms with van der Waals surface area (Å²) in [6.45, 7) is 8.41. The van der Waals surface area contributed by atoms with Crippen molar-refractivity contribution in [2.24, 2.45) is 20.8 Å². The Morgan fingerprint density at radius 2 is 1.40 bits per heavy atom. The van der Waals surface area contributed by atoms with Crippen LogP contribution in [-0.2, 0) is 23.9 Å². The highest BCUT2D eigenvalue weighted by atomic mass is 16.5. The number of ether oxygens (including phenoxy) is 1. The van der Waals surface area contributed by atoms with E-state index in [4.69, 9.17) is 25.2 Å². The van der Waals surface area contributed by atoms with E-state index in [1.54, 1.807) is 12.2 Å². The predicted octanol–water partition coefficient (Wildman–Crippen LogP) is 2.73. The van der Waals surface area contributed by atoms with Gasteiger partial charge in [0, 0.05) is 39.3 Å². The van der Waals surface area contributed by atoms with Gasteiger partial charge in [-0.3, -0.25) is 9.59 Å². The predicted molar refractivity (Wildman–Crippen MR) is 129 cm³/mol. The molecule has 11 heteroatoms. The van der Waals surface area contributed by atoms with Crippen molar-refractivity contribution >= 4 is 24.1 Å². The summed E-state index contributed by atoms with van der Waals surface area (Å²) in [7, 11) is 0. The van der Waals surface area contributed by atoms with Crippen molar-refractivity contribution in [2.45, 2.75) is 84.6 Å². The van der Waals surface area contributed by atoms with Gasteiger partial charge in [0.05, 0.1) is 12.6 Å². The number of aliphatic hydroxyl groups excluding tert-OH is 2. The minimum Gasteiger partial charge on any atom is -0.481 e. The van der Waals surface area contributed by atoms with Crippen molar-refractivity contribution in [3.05, 3.63) is 0 Å². The number of hydrogen-bond acceptors (Lipinski definition) is 9. The van der Waals surface area contributed by atoms with Gasteiger partial charge < -0.3 is 25.2 Å². The molecule has 1 aliphatic rings. The van der Waals surface area contributed by atoms with Crippen LogP contribution >= 0.6 is 0 Å². The molecule has 0 aromatic heterocycles. The molecule has 0 aliphatic heterocycles. The molecule has 1 aliphatic carbocycles. The molecule has 0 radical (unpaired) electrons. The number of carboxylic acids is 2. The molecule has 1 saturated carbocycles. The third-order valence-electron chi connectivity index (χ3n) is 5.11. The van der Waals surface area contributed by atoms with Crippen molar-refractivity contribution in [3.63, 3.8) is 0 Å². The fourth-order valence-electron chi connectivity index (χ4n) is 4.08. The Morgan fingerprint density at radius 1 is 0.886 bits per heavy atom. The molecule has 0 heterocycles. The molecule has 0 amide bonds. The molecule has 0 aromatic carbocycles. The average Bonchev–Trinajstić information content (AvgIpc) is 2.75. The second kappa shape index (κ2) is 20.9. The molecule has 11 nitrogen and oxygen atoms in total. The lowest BCUT2D eigenvalue weighted by Gasteiger charge is -2.44. The fourth-order valence-corrected chi connectivity index (χ4v) is 4.08. The smallest absolute Gasteiger partial charge is 0.303 e. The number of aliphatic carboxylic acids is 2. The zero-order chi connectivity index (χ0) is 27.2. The van der Waals surface area contributed by atoms with E-state index in [-0.39, 0.29) is 42.9 Å². The van der Waals surface area contributed by atoms with Gasteiger partial charge in [-0.2, -0.15) is 0 Å². The molecule has 0 aromatic rings. The van der Waals surface area contributed by atoms with E-state index in [0.29, 0.717) is 45.4 Å². The van der Waals surface area contributed by atoms with Crippen molar-refractivity contribution in [3.8, 4) is 0 Å². The molecule has 0 saturated heterocycles. The topological polar surface area (TPSA) is 183 Å². The highest BCUT2D eigenvalue weighted by molar-refractivity contribution is 5.67. The molecule has 0 spiro atoms. The number of aliphatic hydroxyl groups is 2. The minimum atomic E-state index is -0.870. The SMILES string of the molecule is CC1(C)CC(N=C=O)CC(C)(CN=C=O)C1.O=C(O)CCCCC(=O)O.OCCCOCCCO. The van der Waals surface area contributed by atoms with Gasteiger partial charge in [-0.25, -0.2) is 19.6 Å². The molecule has 202 valence electrons. The zero-order valence-corrected chi connectivity index (χ0v) is 21.2. The number of isocyanates is 2. The molecule has 2 unspecified atom stereocenters. The number of hydrogen-bond donors (Lipinski definition) is 4. The molecule has 1 rings (SSSR count). The Morgan fingerprint density at radius 3 is 1.80 bits per heavy atom. The van der Waals surface area contributed by atoms with Crippen LogP contribution in [0.2, 0.25) is 0 Å². The second-order valence-electron chi connectivity index (χ2n) is 9.60. The number of unbranched alkanes of at least 4 members (excludes halogenated alkanes) is 1. The summed E-state index contributed by atoms with van der Waals surface area (Å²) < 4.78 is 4.99. The first-order valence-electron chi connectivity index (χ1n) is 11.8. The van der Waals surface area contributed by atoms with Gasteiger partial charge in [0.1, 0.15) is 0 Å². The zero-order valence-electron chi connectivity index (χ0n) is 21.2. The number of rotatable bonds is 14. The fraction of sp³-hybridized carbons (Fsp3) is 0.833. The normalized spacial score (nSPS) is 20.0. The molecule has 2 atom stereocenters. The average molecular weight is 503 g/mol. The van der Waals surface area contributed by atoms with Gasteiger partial charge in [-0.1, -0.05) is 20.8 Å². The quantitative estimate of drug-likeness (QED) is 0.157. The number of carbonyl (C=O) groups excluding carboxylic acids is 2. The van der Waals surface area contributed by atoms with Crippen LogP contribution < -0.4 is 0 Å². The van der Waals surface area contributed by atoms with Crippen molar-refractivity contribution < 1.29 is 44.3 Å². The molecule has 35 heavy (non-hydrogen) atoms. The number of nitrogens with zero attached hydrogens (tertiary/aromatic N) is 2. The van der Waals surface area contributed by atoms with E-state index in [2.05, 4.69) is 30.8 Å². The van der Waals surface area contributed by atoms with E-state index in [1.807, 2.05) is 0 Å². The maximum Gasteiger partial charge on any atom is 0.303 e. The Hall–Kier alpha value is -2.42. The Bertz CT molecular complexity index is 664. The Kier molecular flexibility index (Phi) is 20.8. The minimum absolute atomic E-state index is 0.00750. The summed E-state index contributed by atoms with van der Waals surface area (Å²) in [6.07, 6.45) is 8.27. The summed E-state index contributed by atoms with van der Waals surface area (Å²) >= 11 is 0. The third-order valence-corrected chi connectivity index (χ3v) is 5.11. The van der Waals surface area contributed by atoms with E-state index < -0.39 is 11.9 Å². The molecule has 4 N–H and O–H groups in total. The van der Waals surface area contributed by atoms with Crippen molar-refractivity contribution in [2.75, 3.05) is 33.0 Å².